The van der Waals surface area contributed by atoms with E-state index in [-0.39, 0.29) is 0 Å². The average Bonchev–Trinajstić information content (AvgIpc) is 2.59. The van der Waals surface area contributed by atoms with Crippen LogP contribution in [0.4, 0.5) is 0 Å². The first-order valence-corrected chi connectivity index (χ1v) is 5.13. The summed E-state index contributed by atoms with van der Waals surface area (Å²) in [6, 6.07) is 3.99. The highest BCUT2D eigenvalue weighted by molar-refractivity contribution is 7.25. The Balaban J connectivity index is 2.63. The summed E-state index contributed by atoms with van der Waals surface area (Å²) in [6.07, 6.45) is 3.41. The van der Waals surface area contributed by atoms with Gasteiger partial charge in [-0.05, 0) is 19.1 Å². The smallest absolute Gasteiger partial charge is 0.126 e. The number of aromatic nitrogens is 3. The van der Waals surface area contributed by atoms with E-state index in [0.29, 0.717) is 0 Å². The van der Waals surface area contributed by atoms with Crippen molar-refractivity contribution in [2.24, 2.45) is 0 Å². The molecule has 0 atom stereocenters. The van der Waals surface area contributed by atoms with Gasteiger partial charge in [-0.1, -0.05) is 0 Å². The Labute approximate surface area is 84.5 Å². The van der Waals surface area contributed by atoms with E-state index in [4.69, 9.17) is 0 Å². The van der Waals surface area contributed by atoms with Crippen molar-refractivity contribution in [1.29, 1.82) is 0 Å². The summed E-state index contributed by atoms with van der Waals surface area (Å²) >= 11 is 1.65. The van der Waals surface area contributed by atoms with E-state index in [1.807, 2.05) is 19.1 Å². The molecule has 3 nitrogen and oxygen atoms in total. The summed E-state index contributed by atoms with van der Waals surface area (Å²) in [5.41, 5.74) is 2.05. The molecule has 0 amide bonds. The van der Waals surface area contributed by atoms with Gasteiger partial charge in [0.1, 0.15) is 11.2 Å². The number of fused-ring (bicyclic) bond motifs is 3. The molecular formula is C10H7N3S. The van der Waals surface area contributed by atoms with Gasteiger partial charge in [0.15, 0.2) is 0 Å². The zero-order valence-corrected chi connectivity index (χ0v) is 8.38. The number of aryl methyl sites for hydroxylation is 1. The first-order valence-electron chi connectivity index (χ1n) is 4.31. The lowest BCUT2D eigenvalue weighted by atomic mass is 10.3. The average molecular weight is 201 g/mol. The summed E-state index contributed by atoms with van der Waals surface area (Å²) in [5, 5.41) is 1.12. The van der Waals surface area contributed by atoms with Crippen LogP contribution in [0.15, 0.2) is 24.7 Å². The van der Waals surface area contributed by atoms with Crippen LogP contribution in [0, 0.1) is 6.92 Å². The number of hydrogen-bond acceptors (Lipinski definition) is 4. The quantitative estimate of drug-likeness (QED) is 0.561. The Hall–Kier alpha value is -1.55. The molecule has 3 aromatic heterocycles. The fourth-order valence-corrected chi connectivity index (χ4v) is 2.57. The summed E-state index contributed by atoms with van der Waals surface area (Å²) in [7, 11) is 0. The van der Waals surface area contributed by atoms with E-state index < -0.39 is 0 Å². The Kier molecular flexibility index (Phi) is 1.52. The molecule has 3 rings (SSSR count). The molecule has 0 bridgehead atoms. The van der Waals surface area contributed by atoms with Gasteiger partial charge in [0, 0.05) is 11.6 Å². The molecule has 0 saturated carbocycles. The molecule has 3 aromatic rings. The number of thiophene rings is 1. The van der Waals surface area contributed by atoms with E-state index in [2.05, 4.69) is 15.0 Å². The topological polar surface area (TPSA) is 38.7 Å². The predicted octanol–water partition coefficient (Wildman–Crippen LogP) is 2.55. The normalized spacial score (nSPS) is 11.2. The first kappa shape index (κ1) is 7.82. The minimum atomic E-state index is 1.02. The SMILES string of the molecule is Cc1ncnc2c1sc1ncccc12. The van der Waals surface area contributed by atoms with Crippen LogP contribution in [0.2, 0.25) is 0 Å². The highest BCUT2D eigenvalue weighted by Gasteiger charge is 2.08. The third kappa shape index (κ3) is 0.943. The molecule has 0 aliphatic rings. The van der Waals surface area contributed by atoms with E-state index in [0.717, 1.165) is 26.1 Å². The molecule has 0 spiro atoms. The van der Waals surface area contributed by atoms with Crippen LogP contribution in [-0.2, 0) is 0 Å². The van der Waals surface area contributed by atoms with Crippen molar-refractivity contribution in [3.05, 3.63) is 30.4 Å². The summed E-state index contributed by atoms with van der Waals surface area (Å²) in [4.78, 5) is 13.8. The zero-order chi connectivity index (χ0) is 9.54. The number of rotatable bonds is 0. The van der Waals surface area contributed by atoms with Gasteiger partial charge in [0.2, 0.25) is 0 Å². The first-order chi connectivity index (χ1) is 6.86. The molecule has 0 aromatic carbocycles. The van der Waals surface area contributed by atoms with E-state index in [9.17, 15) is 0 Å². The Bertz CT molecular complexity index is 615. The Morgan fingerprint density at radius 3 is 3.07 bits per heavy atom. The summed E-state index contributed by atoms with van der Waals surface area (Å²) in [5.74, 6) is 0. The largest absolute Gasteiger partial charge is 0.245 e. The highest BCUT2D eigenvalue weighted by atomic mass is 32.1. The van der Waals surface area contributed by atoms with Crippen LogP contribution in [0.5, 0.6) is 0 Å². The van der Waals surface area contributed by atoms with E-state index in [1.165, 1.54) is 0 Å². The van der Waals surface area contributed by atoms with Gasteiger partial charge in [0.25, 0.3) is 0 Å². The molecule has 0 fully saturated rings. The molecule has 0 aliphatic heterocycles. The van der Waals surface area contributed by atoms with Crippen molar-refractivity contribution in [3.63, 3.8) is 0 Å². The molecule has 4 heteroatoms. The maximum atomic E-state index is 4.31. The second kappa shape index (κ2) is 2.72. The van der Waals surface area contributed by atoms with Gasteiger partial charge in [-0.25, -0.2) is 15.0 Å². The van der Waals surface area contributed by atoms with Crippen LogP contribution in [0.25, 0.3) is 20.4 Å². The molecule has 68 valence electrons. The highest BCUT2D eigenvalue weighted by Crippen LogP contribution is 2.31. The third-order valence-electron chi connectivity index (χ3n) is 2.21. The second-order valence-corrected chi connectivity index (χ2v) is 4.09. The van der Waals surface area contributed by atoms with Crippen molar-refractivity contribution in [3.8, 4) is 0 Å². The molecular weight excluding hydrogens is 194 g/mol. The van der Waals surface area contributed by atoms with Crippen LogP contribution >= 0.6 is 11.3 Å². The van der Waals surface area contributed by atoms with Crippen LogP contribution < -0.4 is 0 Å². The van der Waals surface area contributed by atoms with Crippen LogP contribution in [0.3, 0.4) is 0 Å². The lowest BCUT2D eigenvalue weighted by Crippen LogP contribution is -1.82. The van der Waals surface area contributed by atoms with Crippen molar-refractivity contribution in [1.82, 2.24) is 15.0 Å². The molecule has 0 aliphatic carbocycles. The van der Waals surface area contributed by atoms with Gasteiger partial charge in [-0.2, -0.15) is 0 Å². The molecule has 0 N–H and O–H groups in total. The standard InChI is InChI=1S/C10H7N3S/c1-6-9-8(13-5-12-6)7-3-2-4-11-10(7)14-9/h2-5H,1H3. The minimum Gasteiger partial charge on any atom is -0.245 e. The van der Waals surface area contributed by atoms with Gasteiger partial charge in [0.05, 0.1) is 15.9 Å². The lowest BCUT2D eigenvalue weighted by Gasteiger charge is -1.91. The molecule has 14 heavy (non-hydrogen) atoms. The van der Waals surface area contributed by atoms with Gasteiger partial charge >= 0.3 is 0 Å². The van der Waals surface area contributed by atoms with Crippen molar-refractivity contribution in [2.45, 2.75) is 6.92 Å². The second-order valence-electron chi connectivity index (χ2n) is 3.09. The molecule has 0 radical (unpaired) electrons. The fourth-order valence-electron chi connectivity index (χ4n) is 1.52. The van der Waals surface area contributed by atoms with Crippen LogP contribution in [-0.4, -0.2) is 15.0 Å². The third-order valence-corrected chi connectivity index (χ3v) is 3.42. The maximum Gasteiger partial charge on any atom is 0.126 e. The van der Waals surface area contributed by atoms with Gasteiger partial charge in [-0.3, -0.25) is 0 Å². The fraction of sp³-hybridized carbons (Fsp3) is 0.100. The van der Waals surface area contributed by atoms with E-state index >= 15 is 0 Å². The number of pyridine rings is 1. The van der Waals surface area contributed by atoms with E-state index in [1.54, 1.807) is 23.9 Å². The molecule has 0 saturated heterocycles. The van der Waals surface area contributed by atoms with Gasteiger partial charge < -0.3 is 0 Å². The van der Waals surface area contributed by atoms with Crippen molar-refractivity contribution >= 4 is 31.8 Å². The number of nitrogens with zero attached hydrogens (tertiary/aromatic N) is 3. The predicted molar refractivity (Wildman–Crippen MR) is 57.5 cm³/mol. The lowest BCUT2D eigenvalue weighted by molar-refractivity contribution is 1.16. The maximum absolute atomic E-state index is 4.31. The van der Waals surface area contributed by atoms with Crippen molar-refractivity contribution in [2.75, 3.05) is 0 Å². The van der Waals surface area contributed by atoms with Gasteiger partial charge in [-0.15, -0.1) is 11.3 Å². The Morgan fingerprint density at radius 1 is 1.21 bits per heavy atom. The minimum absolute atomic E-state index is 1.02. The summed E-state index contributed by atoms with van der Waals surface area (Å²) < 4.78 is 1.14. The zero-order valence-electron chi connectivity index (χ0n) is 7.56. The Morgan fingerprint density at radius 2 is 2.14 bits per heavy atom. The number of hydrogen-bond donors (Lipinski definition) is 0. The van der Waals surface area contributed by atoms with Crippen molar-refractivity contribution < 1.29 is 0 Å². The molecule has 0 unspecified atom stereocenters. The summed E-state index contributed by atoms with van der Waals surface area (Å²) in [6.45, 7) is 2.00. The molecule has 3 heterocycles. The van der Waals surface area contributed by atoms with Crippen LogP contribution in [0.1, 0.15) is 5.69 Å². The monoisotopic (exact) mass is 201 g/mol.